The third kappa shape index (κ3) is 1.43. The van der Waals surface area contributed by atoms with Crippen molar-refractivity contribution in [2.75, 3.05) is 0 Å². The predicted molar refractivity (Wildman–Crippen MR) is 44.1 cm³/mol. The SMILES string of the molecule is CC[C@@H](C)n1cccc1C#N. The Balaban J connectivity index is 2.95. The Bertz CT molecular complexity index is 267. The van der Waals surface area contributed by atoms with Gasteiger partial charge in [0.2, 0.25) is 0 Å². The van der Waals surface area contributed by atoms with E-state index in [9.17, 15) is 0 Å². The first-order valence-electron chi connectivity index (χ1n) is 3.86. The fraction of sp³-hybridized carbons (Fsp3) is 0.444. The van der Waals surface area contributed by atoms with Crippen molar-refractivity contribution in [1.82, 2.24) is 4.57 Å². The molecular formula is C9H12N2. The Hall–Kier alpha value is -1.23. The van der Waals surface area contributed by atoms with Gasteiger partial charge in [-0.15, -0.1) is 0 Å². The molecule has 0 fully saturated rings. The van der Waals surface area contributed by atoms with Crippen molar-refractivity contribution < 1.29 is 0 Å². The van der Waals surface area contributed by atoms with Crippen molar-refractivity contribution in [1.29, 1.82) is 5.26 Å². The number of nitriles is 1. The van der Waals surface area contributed by atoms with E-state index >= 15 is 0 Å². The maximum absolute atomic E-state index is 8.68. The van der Waals surface area contributed by atoms with E-state index in [0.29, 0.717) is 6.04 Å². The van der Waals surface area contributed by atoms with Crippen LogP contribution in [0.1, 0.15) is 32.0 Å². The summed E-state index contributed by atoms with van der Waals surface area (Å²) in [6.45, 7) is 4.23. The number of nitrogens with zero attached hydrogens (tertiary/aromatic N) is 2. The van der Waals surface area contributed by atoms with Gasteiger partial charge in [0.05, 0.1) is 0 Å². The summed E-state index contributed by atoms with van der Waals surface area (Å²) in [6.07, 6.45) is 3.01. The monoisotopic (exact) mass is 148 g/mol. The molecule has 1 aromatic rings. The summed E-state index contributed by atoms with van der Waals surface area (Å²) in [6, 6.07) is 6.33. The van der Waals surface area contributed by atoms with Gasteiger partial charge in [0, 0.05) is 12.2 Å². The molecule has 0 unspecified atom stereocenters. The second-order valence-electron chi connectivity index (χ2n) is 2.67. The van der Waals surface area contributed by atoms with E-state index in [1.807, 2.05) is 22.9 Å². The minimum atomic E-state index is 0.430. The minimum absolute atomic E-state index is 0.430. The summed E-state index contributed by atoms with van der Waals surface area (Å²) in [4.78, 5) is 0. The largest absolute Gasteiger partial charge is 0.337 e. The highest BCUT2D eigenvalue weighted by Gasteiger charge is 2.04. The average molecular weight is 148 g/mol. The summed E-state index contributed by atoms with van der Waals surface area (Å²) in [7, 11) is 0. The molecule has 0 bridgehead atoms. The Labute approximate surface area is 67.1 Å². The summed E-state index contributed by atoms with van der Waals surface area (Å²) in [5.41, 5.74) is 0.749. The molecule has 58 valence electrons. The number of hydrogen-bond donors (Lipinski definition) is 0. The lowest BCUT2D eigenvalue weighted by Crippen LogP contribution is -2.03. The second kappa shape index (κ2) is 3.25. The third-order valence-corrected chi connectivity index (χ3v) is 1.96. The lowest BCUT2D eigenvalue weighted by molar-refractivity contribution is 0.529. The highest BCUT2D eigenvalue weighted by Crippen LogP contribution is 2.13. The first kappa shape index (κ1) is 7.87. The van der Waals surface area contributed by atoms with E-state index in [1.54, 1.807) is 0 Å². The fourth-order valence-electron chi connectivity index (χ4n) is 1.07. The van der Waals surface area contributed by atoms with E-state index < -0.39 is 0 Å². The first-order chi connectivity index (χ1) is 5.29. The van der Waals surface area contributed by atoms with Gasteiger partial charge >= 0.3 is 0 Å². The van der Waals surface area contributed by atoms with Crippen LogP contribution in [-0.4, -0.2) is 4.57 Å². The zero-order valence-corrected chi connectivity index (χ0v) is 6.91. The van der Waals surface area contributed by atoms with Gasteiger partial charge < -0.3 is 4.57 Å². The molecule has 0 N–H and O–H groups in total. The van der Waals surface area contributed by atoms with Gasteiger partial charge in [0.25, 0.3) is 0 Å². The van der Waals surface area contributed by atoms with Crippen LogP contribution in [-0.2, 0) is 0 Å². The van der Waals surface area contributed by atoms with Crippen LogP contribution in [0.3, 0.4) is 0 Å². The summed E-state index contributed by atoms with van der Waals surface area (Å²) in [5.74, 6) is 0. The van der Waals surface area contributed by atoms with Crippen LogP contribution in [0.15, 0.2) is 18.3 Å². The quantitative estimate of drug-likeness (QED) is 0.632. The molecule has 0 saturated heterocycles. The molecule has 0 radical (unpaired) electrons. The Morgan fingerprint density at radius 2 is 2.45 bits per heavy atom. The fourth-order valence-corrected chi connectivity index (χ4v) is 1.07. The summed E-state index contributed by atoms with van der Waals surface area (Å²) < 4.78 is 2.00. The molecule has 0 amide bonds. The average Bonchev–Trinajstić information content (AvgIpc) is 2.50. The molecular weight excluding hydrogens is 136 g/mol. The van der Waals surface area contributed by atoms with Gasteiger partial charge in [-0.1, -0.05) is 6.92 Å². The van der Waals surface area contributed by atoms with E-state index in [4.69, 9.17) is 5.26 Å². The molecule has 0 saturated carbocycles. The number of rotatable bonds is 2. The van der Waals surface area contributed by atoms with Gasteiger partial charge in [0.1, 0.15) is 11.8 Å². The Morgan fingerprint density at radius 1 is 1.73 bits per heavy atom. The zero-order chi connectivity index (χ0) is 8.27. The van der Waals surface area contributed by atoms with E-state index in [2.05, 4.69) is 19.9 Å². The molecule has 0 aliphatic rings. The smallest absolute Gasteiger partial charge is 0.120 e. The Morgan fingerprint density at radius 3 is 3.00 bits per heavy atom. The standard InChI is InChI=1S/C9H12N2/c1-3-8(2)11-6-4-5-9(11)7-10/h4-6,8H,3H2,1-2H3/t8-/m1/s1. The topological polar surface area (TPSA) is 28.7 Å². The van der Waals surface area contributed by atoms with E-state index in [1.165, 1.54) is 0 Å². The van der Waals surface area contributed by atoms with E-state index in [0.717, 1.165) is 12.1 Å². The van der Waals surface area contributed by atoms with Crippen LogP contribution in [0, 0.1) is 11.3 Å². The van der Waals surface area contributed by atoms with Crippen molar-refractivity contribution in [3.63, 3.8) is 0 Å². The normalized spacial score (nSPS) is 12.5. The summed E-state index contributed by atoms with van der Waals surface area (Å²) >= 11 is 0. The van der Waals surface area contributed by atoms with Crippen molar-refractivity contribution in [3.8, 4) is 6.07 Å². The molecule has 11 heavy (non-hydrogen) atoms. The molecule has 1 atom stereocenters. The molecule has 1 aromatic heterocycles. The van der Waals surface area contributed by atoms with Gasteiger partial charge in [-0.2, -0.15) is 5.26 Å². The molecule has 0 aromatic carbocycles. The minimum Gasteiger partial charge on any atom is -0.337 e. The molecule has 1 rings (SSSR count). The van der Waals surface area contributed by atoms with Crippen molar-refractivity contribution >= 4 is 0 Å². The molecule has 2 heteroatoms. The lowest BCUT2D eigenvalue weighted by atomic mass is 10.2. The predicted octanol–water partition coefficient (Wildman–Crippen LogP) is 2.33. The van der Waals surface area contributed by atoms with Crippen LogP contribution >= 0.6 is 0 Å². The van der Waals surface area contributed by atoms with Gasteiger partial charge in [-0.25, -0.2) is 0 Å². The second-order valence-corrected chi connectivity index (χ2v) is 2.67. The van der Waals surface area contributed by atoms with Gasteiger partial charge in [0.15, 0.2) is 0 Å². The van der Waals surface area contributed by atoms with Crippen LogP contribution < -0.4 is 0 Å². The molecule has 0 aliphatic heterocycles. The van der Waals surface area contributed by atoms with Crippen LogP contribution in [0.2, 0.25) is 0 Å². The molecule has 0 spiro atoms. The van der Waals surface area contributed by atoms with Crippen molar-refractivity contribution in [2.45, 2.75) is 26.3 Å². The molecule has 0 aliphatic carbocycles. The van der Waals surface area contributed by atoms with E-state index in [-0.39, 0.29) is 0 Å². The third-order valence-electron chi connectivity index (χ3n) is 1.96. The van der Waals surface area contributed by atoms with Gasteiger partial charge in [-0.05, 0) is 25.5 Å². The zero-order valence-electron chi connectivity index (χ0n) is 6.91. The van der Waals surface area contributed by atoms with Gasteiger partial charge in [-0.3, -0.25) is 0 Å². The Kier molecular flexibility index (Phi) is 2.32. The molecule has 1 heterocycles. The number of hydrogen-bond acceptors (Lipinski definition) is 1. The lowest BCUT2D eigenvalue weighted by Gasteiger charge is -2.11. The highest BCUT2D eigenvalue weighted by molar-refractivity contribution is 5.22. The maximum atomic E-state index is 8.68. The van der Waals surface area contributed by atoms with Crippen LogP contribution in [0.25, 0.3) is 0 Å². The summed E-state index contributed by atoms with van der Waals surface area (Å²) in [5, 5.41) is 8.68. The number of aromatic nitrogens is 1. The molecule has 2 nitrogen and oxygen atoms in total. The van der Waals surface area contributed by atoms with Crippen molar-refractivity contribution in [3.05, 3.63) is 24.0 Å². The first-order valence-corrected chi connectivity index (χ1v) is 3.86. The van der Waals surface area contributed by atoms with Crippen LogP contribution in [0.4, 0.5) is 0 Å². The highest BCUT2D eigenvalue weighted by atomic mass is 15.0. The maximum Gasteiger partial charge on any atom is 0.120 e. The van der Waals surface area contributed by atoms with Crippen LogP contribution in [0.5, 0.6) is 0 Å². The van der Waals surface area contributed by atoms with Crippen molar-refractivity contribution in [2.24, 2.45) is 0 Å².